The molecule has 0 unspecified atom stereocenters. The van der Waals surface area contributed by atoms with E-state index in [1.165, 1.54) is 6.07 Å². The molecule has 1 aromatic carbocycles. The summed E-state index contributed by atoms with van der Waals surface area (Å²) in [7, 11) is 1.65. The van der Waals surface area contributed by atoms with E-state index in [0.29, 0.717) is 6.29 Å². The molecule has 1 rings (SSSR count). The summed E-state index contributed by atoms with van der Waals surface area (Å²) in [5.41, 5.74) is -0.186. The van der Waals surface area contributed by atoms with Gasteiger partial charge in [-0.15, -0.1) is 0 Å². The summed E-state index contributed by atoms with van der Waals surface area (Å²) in [4.78, 5) is 24.3. The lowest BCUT2D eigenvalue weighted by Crippen LogP contribution is -2.32. The number of nitrogens with zero attached hydrogens (tertiary/aromatic N) is 1. The van der Waals surface area contributed by atoms with Crippen molar-refractivity contribution < 1.29 is 18.7 Å². The van der Waals surface area contributed by atoms with Crippen LogP contribution in [0.1, 0.15) is 36.7 Å². The SMILES string of the molecule is CN(CC(=O)OC(C)(C)C)Cc1c(F)cc(Cl)cc1C=O. The Morgan fingerprint density at radius 1 is 1.43 bits per heavy atom. The normalized spacial score (nSPS) is 11.6. The number of carbonyl (C=O) groups excluding carboxylic acids is 2. The van der Waals surface area contributed by atoms with E-state index in [4.69, 9.17) is 16.3 Å². The van der Waals surface area contributed by atoms with Crippen molar-refractivity contribution >= 4 is 23.9 Å². The Morgan fingerprint density at radius 3 is 2.57 bits per heavy atom. The number of aldehydes is 1. The van der Waals surface area contributed by atoms with Crippen molar-refractivity contribution in [3.05, 3.63) is 34.1 Å². The lowest BCUT2D eigenvalue weighted by atomic mass is 10.1. The summed E-state index contributed by atoms with van der Waals surface area (Å²) in [6.45, 7) is 5.42. The van der Waals surface area contributed by atoms with E-state index >= 15 is 0 Å². The molecule has 0 saturated heterocycles. The third-order valence-electron chi connectivity index (χ3n) is 2.57. The number of halogens is 2. The molecule has 0 spiro atoms. The van der Waals surface area contributed by atoms with Gasteiger partial charge >= 0.3 is 5.97 Å². The summed E-state index contributed by atoms with van der Waals surface area (Å²) < 4.78 is 19.1. The average molecular weight is 316 g/mol. The zero-order valence-corrected chi connectivity index (χ0v) is 13.3. The standard InChI is InChI=1S/C15H19ClFNO3/c1-15(2,3)21-14(20)8-18(4)7-12-10(9-19)5-11(16)6-13(12)17/h5-6,9H,7-8H2,1-4H3. The second kappa shape index (κ2) is 7.00. The van der Waals surface area contributed by atoms with Gasteiger partial charge in [0.05, 0.1) is 6.54 Å². The quantitative estimate of drug-likeness (QED) is 0.619. The van der Waals surface area contributed by atoms with Crippen LogP contribution in [0.15, 0.2) is 12.1 Å². The molecule has 0 atom stereocenters. The van der Waals surface area contributed by atoms with Crippen LogP contribution in [0, 0.1) is 5.82 Å². The zero-order chi connectivity index (χ0) is 16.2. The van der Waals surface area contributed by atoms with Crippen molar-refractivity contribution in [1.29, 1.82) is 0 Å². The minimum atomic E-state index is -0.572. The maximum absolute atomic E-state index is 13.9. The van der Waals surface area contributed by atoms with Crippen molar-refractivity contribution in [2.45, 2.75) is 32.9 Å². The summed E-state index contributed by atoms with van der Waals surface area (Å²) in [5.74, 6) is -0.979. The number of hydrogen-bond acceptors (Lipinski definition) is 4. The summed E-state index contributed by atoms with van der Waals surface area (Å²) >= 11 is 5.71. The minimum absolute atomic E-state index is 0.00235. The van der Waals surface area contributed by atoms with Crippen LogP contribution >= 0.6 is 11.6 Å². The van der Waals surface area contributed by atoms with E-state index < -0.39 is 17.4 Å². The number of likely N-dealkylation sites (N-methyl/N-ethyl adjacent to an activating group) is 1. The lowest BCUT2D eigenvalue weighted by molar-refractivity contribution is -0.155. The number of ether oxygens (including phenoxy) is 1. The molecule has 116 valence electrons. The third kappa shape index (κ3) is 5.81. The summed E-state index contributed by atoms with van der Waals surface area (Å²) in [5, 5.41) is 0.160. The highest BCUT2D eigenvalue weighted by Crippen LogP contribution is 2.20. The maximum atomic E-state index is 13.9. The monoisotopic (exact) mass is 315 g/mol. The molecule has 0 aromatic heterocycles. The van der Waals surface area contributed by atoms with Gasteiger partial charge in [0.1, 0.15) is 11.4 Å². The second-order valence-electron chi connectivity index (χ2n) is 5.83. The first-order valence-electron chi connectivity index (χ1n) is 6.46. The summed E-state index contributed by atoms with van der Waals surface area (Å²) in [6.07, 6.45) is 0.547. The van der Waals surface area contributed by atoms with Crippen LogP contribution in [-0.2, 0) is 16.1 Å². The molecule has 0 N–H and O–H groups in total. The first-order valence-corrected chi connectivity index (χ1v) is 6.83. The van der Waals surface area contributed by atoms with Gasteiger partial charge in [-0.25, -0.2) is 4.39 Å². The van der Waals surface area contributed by atoms with Crippen LogP contribution < -0.4 is 0 Å². The van der Waals surface area contributed by atoms with Gasteiger partial charge in [0.25, 0.3) is 0 Å². The Balaban J connectivity index is 2.78. The first-order chi connectivity index (χ1) is 9.62. The Hall–Kier alpha value is -1.46. The van der Waals surface area contributed by atoms with Gasteiger partial charge in [-0.05, 0) is 40.0 Å². The predicted octanol–water partition coefficient (Wildman–Crippen LogP) is 3.07. The molecule has 0 saturated carbocycles. The maximum Gasteiger partial charge on any atom is 0.320 e. The van der Waals surface area contributed by atoms with Gasteiger partial charge < -0.3 is 4.74 Å². The molecule has 0 aliphatic rings. The third-order valence-corrected chi connectivity index (χ3v) is 2.79. The van der Waals surface area contributed by atoms with Gasteiger partial charge in [0.2, 0.25) is 0 Å². The van der Waals surface area contributed by atoms with E-state index in [2.05, 4.69) is 0 Å². The minimum Gasteiger partial charge on any atom is -0.459 e. The molecule has 0 aliphatic carbocycles. The number of esters is 1. The van der Waals surface area contributed by atoms with Crippen molar-refractivity contribution in [1.82, 2.24) is 4.90 Å². The van der Waals surface area contributed by atoms with E-state index in [-0.39, 0.29) is 29.2 Å². The largest absolute Gasteiger partial charge is 0.459 e. The van der Waals surface area contributed by atoms with Gasteiger partial charge in [0, 0.05) is 22.7 Å². The zero-order valence-electron chi connectivity index (χ0n) is 12.6. The summed E-state index contributed by atoms with van der Waals surface area (Å²) in [6, 6.07) is 2.54. The second-order valence-corrected chi connectivity index (χ2v) is 6.27. The Bertz CT molecular complexity index is 540. The van der Waals surface area contributed by atoms with Crippen LogP contribution in [-0.4, -0.2) is 36.3 Å². The number of benzene rings is 1. The average Bonchev–Trinajstić information content (AvgIpc) is 2.29. The van der Waals surface area contributed by atoms with Gasteiger partial charge in [-0.1, -0.05) is 11.6 Å². The fourth-order valence-corrected chi connectivity index (χ4v) is 2.03. The van der Waals surface area contributed by atoms with Crippen molar-refractivity contribution in [2.75, 3.05) is 13.6 Å². The van der Waals surface area contributed by atoms with E-state index in [9.17, 15) is 14.0 Å². The molecule has 4 nitrogen and oxygen atoms in total. The number of hydrogen-bond donors (Lipinski definition) is 0. The van der Waals surface area contributed by atoms with Crippen LogP contribution in [0.2, 0.25) is 5.02 Å². The van der Waals surface area contributed by atoms with Gasteiger partial charge in [-0.2, -0.15) is 0 Å². The molecule has 6 heteroatoms. The van der Waals surface area contributed by atoms with Crippen molar-refractivity contribution in [3.63, 3.8) is 0 Å². The fraction of sp³-hybridized carbons (Fsp3) is 0.467. The van der Waals surface area contributed by atoms with Gasteiger partial charge in [-0.3, -0.25) is 14.5 Å². The van der Waals surface area contributed by atoms with E-state index in [1.807, 2.05) is 0 Å². The van der Waals surface area contributed by atoms with Crippen molar-refractivity contribution in [2.24, 2.45) is 0 Å². The fourth-order valence-electron chi connectivity index (χ4n) is 1.82. The Labute approximate surface area is 128 Å². The van der Waals surface area contributed by atoms with Crippen LogP contribution in [0.5, 0.6) is 0 Å². The van der Waals surface area contributed by atoms with Gasteiger partial charge in [0.15, 0.2) is 6.29 Å². The highest BCUT2D eigenvalue weighted by atomic mass is 35.5. The lowest BCUT2D eigenvalue weighted by Gasteiger charge is -2.23. The molecule has 0 heterocycles. The molecular weight excluding hydrogens is 297 g/mol. The molecule has 0 fully saturated rings. The predicted molar refractivity (Wildman–Crippen MR) is 79.0 cm³/mol. The van der Waals surface area contributed by atoms with Crippen molar-refractivity contribution in [3.8, 4) is 0 Å². The highest BCUT2D eigenvalue weighted by Gasteiger charge is 2.19. The van der Waals surface area contributed by atoms with Crippen LogP contribution in [0.25, 0.3) is 0 Å². The van der Waals surface area contributed by atoms with Crippen LogP contribution in [0.4, 0.5) is 4.39 Å². The highest BCUT2D eigenvalue weighted by molar-refractivity contribution is 6.30. The molecule has 1 aromatic rings. The molecule has 0 radical (unpaired) electrons. The molecular formula is C15H19ClFNO3. The number of rotatable bonds is 5. The van der Waals surface area contributed by atoms with E-state index in [1.54, 1.807) is 32.7 Å². The molecule has 21 heavy (non-hydrogen) atoms. The molecule has 0 aliphatic heterocycles. The number of carbonyl (C=O) groups is 2. The Morgan fingerprint density at radius 2 is 2.05 bits per heavy atom. The van der Waals surface area contributed by atoms with Crippen LogP contribution in [0.3, 0.4) is 0 Å². The smallest absolute Gasteiger partial charge is 0.320 e. The topological polar surface area (TPSA) is 46.6 Å². The molecule has 0 amide bonds. The van der Waals surface area contributed by atoms with E-state index in [0.717, 1.165) is 6.07 Å². The molecule has 0 bridgehead atoms. The first kappa shape index (κ1) is 17.6. The Kier molecular flexibility index (Phi) is 5.87.